The van der Waals surface area contributed by atoms with Crippen molar-refractivity contribution in [2.75, 3.05) is 19.2 Å². The Morgan fingerprint density at radius 1 is 0.825 bits per heavy atom. The van der Waals surface area contributed by atoms with Gasteiger partial charge in [-0.25, -0.2) is 5.01 Å². The molecule has 2 aliphatic heterocycles. The Morgan fingerprint density at radius 3 is 2.02 bits per heavy atom. The van der Waals surface area contributed by atoms with Crippen LogP contribution in [0.2, 0.25) is 0 Å². The lowest BCUT2D eigenvalue weighted by molar-refractivity contribution is -0.175. The molecule has 0 bridgehead atoms. The standard InChI is InChI=1S/C33H34N2O5/c1-32(2,3)25-18-15-23(16-19-25)27-21-33(30(37)39-4,31(38)40-5)28-20-17-22-11-9-10-14-26(22)34(28)35(27)29(36)24-12-7-6-8-13-24/h6-20,27-28H,21H2,1-5H3/t27-,28+/m1/s1. The molecule has 1 saturated heterocycles. The second-order valence-electron chi connectivity index (χ2n) is 11.3. The zero-order valence-electron chi connectivity index (χ0n) is 23.5. The highest BCUT2D eigenvalue weighted by atomic mass is 16.5. The van der Waals surface area contributed by atoms with Crippen molar-refractivity contribution >= 4 is 29.6 Å². The molecule has 0 saturated carbocycles. The van der Waals surface area contributed by atoms with E-state index in [9.17, 15) is 14.4 Å². The fourth-order valence-electron chi connectivity index (χ4n) is 5.82. The first-order chi connectivity index (χ1) is 19.1. The molecule has 2 heterocycles. The first-order valence-corrected chi connectivity index (χ1v) is 13.4. The number of nitrogens with zero attached hydrogens (tertiary/aromatic N) is 2. The second-order valence-corrected chi connectivity index (χ2v) is 11.3. The van der Waals surface area contributed by atoms with E-state index in [4.69, 9.17) is 9.47 Å². The predicted molar refractivity (Wildman–Crippen MR) is 153 cm³/mol. The van der Waals surface area contributed by atoms with E-state index in [0.29, 0.717) is 11.3 Å². The lowest BCUT2D eigenvalue weighted by Gasteiger charge is -2.56. The van der Waals surface area contributed by atoms with Gasteiger partial charge in [0.25, 0.3) is 5.91 Å². The van der Waals surface area contributed by atoms with Crippen LogP contribution in [0.4, 0.5) is 5.69 Å². The zero-order valence-corrected chi connectivity index (χ0v) is 23.5. The summed E-state index contributed by atoms with van der Waals surface area (Å²) in [5.74, 6) is -1.66. The molecule has 7 nitrogen and oxygen atoms in total. The highest BCUT2D eigenvalue weighted by Gasteiger charge is 2.63. The van der Waals surface area contributed by atoms with Crippen LogP contribution in [-0.2, 0) is 24.5 Å². The Balaban J connectivity index is 1.78. The Hall–Kier alpha value is -4.39. The molecule has 1 fully saturated rings. The number of ether oxygens (including phenoxy) is 2. The SMILES string of the molecule is COC(=O)C1(C(=O)OC)C[C@H](c2ccc(C(C)(C)C)cc2)N(C(=O)c2ccccc2)N2c3ccccc3C=C[C@H]21. The summed E-state index contributed by atoms with van der Waals surface area (Å²) in [6.45, 7) is 6.40. The summed E-state index contributed by atoms with van der Waals surface area (Å²) in [5.41, 5.74) is 2.17. The van der Waals surface area contributed by atoms with Crippen molar-refractivity contribution in [2.45, 2.75) is 44.7 Å². The summed E-state index contributed by atoms with van der Waals surface area (Å²) >= 11 is 0. The number of hydrazine groups is 1. The summed E-state index contributed by atoms with van der Waals surface area (Å²) < 4.78 is 10.6. The van der Waals surface area contributed by atoms with Crippen molar-refractivity contribution < 1.29 is 23.9 Å². The Bertz CT molecular complexity index is 1440. The fourth-order valence-corrected chi connectivity index (χ4v) is 5.82. The Kier molecular flexibility index (Phi) is 7.00. The van der Waals surface area contributed by atoms with Gasteiger partial charge in [0.1, 0.15) is 0 Å². The van der Waals surface area contributed by atoms with Gasteiger partial charge in [-0.05, 0) is 40.3 Å². The number of hydrogen-bond acceptors (Lipinski definition) is 6. The quantitative estimate of drug-likeness (QED) is 0.312. The normalized spacial score (nSPS) is 19.3. The highest BCUT2D eigenvalue weighted by Crippen LogP contribution is 2.51. The number of rotatable bonds is 4. The van der Waals surface area contributed by atoms with Crippen LogP contribution < -0.4 is 5.01 Å². The molecule has 3 aromatic carbocycles. The molecular weight excluding hydrogens is 504 g/mol. The maximum absolute atomic E-state index is 14.4. The minimum Gasteiger partial charge on any atom is -0.468 e. The van der Waals surface area contributed by atoms with Crippen LogP contribution >= 0.6 is 0 Å². The van der Waals surface area contributed by atoms with Crippen LogP contribution in [0, 0.1) is 5.41 Å². The molecule has 1 amide bonds. The van der Waals surface area contributed by atoms with E-state index in [2.05, 4.69) is 20.8 Å². The highest BCUT2D eigenvalue weighted by molar-refractivity contribution is 6.04. The zero-order chi connectivity index (χ0) is 28.7. The molecule has 0 radical (unpaired) electrons. The molecule has 5 rings (SSSR count). The lowest BCUT2D eigenvalue weighted by atomic mass is 9.70. The third-order valence-electron chi connectivity index (χ3n) is 7.94. The molecule has 40 heavy (non-hydrogen) atoms. The van der Waals surface area contributed by atoms with E-state index in [1.807, 2.05) is 72.8 Å². The molecule has 0 unspecified atom stereocenters. The number of hydrogen-bond donors (Lipinski definition) is 0. The van der Waals surface area contributed by atoms with Crippen LogP contribution in [0.15, 0.2) is 84.9 Å². The van der Waals surface area contributed by atoms with Crippen LogP contribution in [0.3, 0.4) is 0 Å². The largest absolute Gasteiger partial charge is 0.468 e. The van der Waals surface area contributed by atoms with Gasteiger partial charge >= 0.3 is 11.9 Å². The minimum atomic E-state index is -1.73. The van der Waals surface area contributed by atoms with Crippen molar-refractivity contribution in [1.82, 2.24) is 5.01 Å². The number of esters is 2. The number of carbonyl (C=O) groups is 3. The third-order valence-corrected chi connectivity index (χ3v) is 7.94. The molecule has 206 valence electrons. The van der Waals surface area contributed by atoms with E-state index >= 15 is 0 Å². The first kappa shape index (κ1) is 27.2. The van der Waals surface area contributed by atoms with E-state index < -0.39 is 29.4 Å². The molecule has 2 atom stereocenters. The van der Waals surface area contributed by atoms with Gasteiger partial charge < -0.3 is 9.47 Å². The van der Waals surface area contributed by atoms with Gasteiger partial charge in [-0.2, -0.15) is 0 Å². The Morgan fingerprint density at radius 2 is 1.43 bits per heavy atom. The monoisotopic (exact) mass is 538 g/mol. The molecule has 0 N–H and O–H groups in total. The van der Waals surface area contributed by atoms with Gasteiger partial charge in [0, 0.05) is 12.0 Å². The fraction of sp³-hybridized carbons (Fsp3) is 0.303. The third kappa shape index (κ3) is 4.35. The average molecular weight is 539 g/mol. The van der Waals surface area contributed by atoms with Crippen LogP contribution in [0.25, 0.3) is 6.08 Å². The van der Waals surface area contributed by atoms with Crippen molar-refractivity contribution in [3.63, 3.8) is 0 Å². The van der Waals surface area contributed by atoms with Gasteiger partial charge in [-0.3, -0.25) is 19.4 Å². The van der Waals surface area contributed by atoms with Crippen LogP contribution in [-0.4, -0.2) is 43.1 Å². The smallest absolute Gasteiger partial charge is 0.325 e. The summed E-state index contributed by atoms with van der Waals surface area (Å²) in [5, 5.41) is 3.48. The number of anilines is 1. The van der Waals surface area contributed by atoms with E-state index in [1.165, 1.54) is 14.2 Å². The van der Waals surface area contributed by atoms with Crippen molar-refractivity contribution in [2.24, 2.45) is 5.41 Å². The molecule has 7 heteroatoms. The summed E-state index contributed by atoms with van der Waals surface area (Å²) in [6.07, 6.45) is 3.65. The molecule has 0 spiro atoms. The molecule has 0 aromatic heterocycles. The maximum atomic E-state index is 14.4. The topological polar surface area (TPSA) is 76.2 Å². The maximum Gasteiger partial charge on any atom is 0.325 e. The second kappa shape index (κ2) is 10.3. The minimum absolute atomic E-state index is 0.0204. The van der Waals surface area contributed by atoms with Gasteiger partial charge in [-0.15, -0.1) is 0 Å². The van der Waals surface area contributed by atoms with Crippen LogP contribution in [0.5, 0.6) is 0 Å². The van der Waals surface area contributed by atoms with Crippen molar-refractivity contribution in [3.8, 4) is 0 Å². The number of fused-ring (bicyclic) bond motifs is 3. The van der Waals surface area contributed by atoms with Gasteiger partial charge in [0.15, 0.2) is 5.41 Å². The Labute approximate surface area is 235 Å². The lowest BCUT2D eigenvalue weighted by Crippen LogP contribution is -2.68. The van der Waals surface area contributed by atoms with Gasteiger partial charge in [0.2, 0.25) is 0 Å². The summed E-state index contributed by atoms with van der Waals surface area (Å²) in [6, 6.07) is 23.1. The first-order valence-electron chi connectivity index (χ1n) is 13.4. The van der Waals surface area contributed by atoms with Gasteiger partial charge in [0.05, 0.1) is 32.0 Å². The molecular formula is C33H34N2O5. The van der Waals surface area contributed by atoms with Crippen molar-refractivity contribution in [1.29, 1.82) is 0 Å². The van der Waals surface area contributed by atoms with E-state index in [0.717, 1.165) is 16.7 Å². The number of para-hydroxylation sites is 1. The van der Waals surface area contributed by atoms with Gasteiger partial charge in [-0.1, -0.05) is 93.6 Å². The van der Waals surface area contributed by atoms with E-state index in [1.54, 1.807) is 28.2 Å². The van der Waals surface area contributed by atoms with Crippen LogP contribution in [0.1, 0.15) is 60.3 Å². The van der Waals surface area contributed by atoms with Crippen molar-refractivity contribution in [3.05, 3.63) is 107 Å². The number of methoxy groups -OCH3 is 2. The molecule has 3 aromatic rings. The number of benzene rings is 3. The molecule has 2 aliphatic rings. The number of amides is 1. The summed E-state index contributed by atoms with van der Waals surface area (Å²) in [7, 11) is 2.54. The summed E-state index contributed by atoms with van der Waals surface area (Å²) in [4.78, 5) is 41.7. The average Bonchev–Trinajstić information content (AvgIpc) is 2.98. The predicted octanol–water partition coefficient (Wildman–Crippen LogP) is 5.72. The van der Waals surface area contributed by atoms with E-state index in [-0.39, 0.29) is 17.7 Å². The molecule has 0 aliphatic carbocycles. The number of carbonyl (C=O) groups excluding carboxylic acids is 3.